The number of morpholine rings is 1. The summed E-state index contributed by atoms with van der Waals surface area (Å²) in [7, 11) is 0. The highest BCUT2D eigenvalue weighted by Gasteiger charge is 2.35. The van der Waals surface area contributed by atoms with E-state index < -0.39 is 0 Å². The number of nitrogens with zero attached hydrogens (tertiary/aromatic N) is 2. The topological polar surface area (TPSA) is 68.5 Å². The number of rotatable bonds is 2. The number of carbonyl (C=O) groups is 1. The van der Waals surface area contributed by atoms with Crippen LogP contribution in [0.1, 0.15) is 24.3 Å². The Labute approximate surface area is 107 Å². The summed E-state index contributed by atoms with van der Waals surface area (Å²) in [5, 5.41) is 0. The highest BCUT2D eigenvalue weighted by atomic mass is 16.5. The molecule has 2 heterocycles. The first-order chi connectivity index (χ1) is 8.52. The molecule has 0 aliphatic carbocycles. The molecule has 1 unspecified atom stereocenters. The van der Waals surface area contributed by atoms with Crippen LogP contribution in [0.2, 0.25) is 0 Å². The molecule has 2 N–H and O–H groups in total. The predicted molar refractivity (Wildman–Crippen MR) is 68.1 cm³/mol. The van der Waals surface area contributed by atoms with Gasteiger partial charge in [0.05, 0.1) is 11.7 Å². The second kappa shape index (κ2) is 5.04. The lowest BCUT2D eigenvalue weighted by molar-refractivity contribution is -0.122. The standard InChI is InChI=1S/C13H19N3O2/c1-13(2)9-16(8-10(7-14)18-13)12(17)11-5-3-4-6-15-11/h3-6,10H,7-9,14H2,1-2H3. The largest absolute Gasteiger partial charge is 0.367 e. The van der Waals surface area contributed by atoms with Crippen molar-refractivity contribution in [2.75, 3.05) is 19.6 Å². The number of nitrogens with two attached hydrogens (primary N) is 1. The van der Waals surface area contributed by atoms with Gasteiger partial charge in [-0.05, 0) is 26.0 Å². The van der Waals surface area contributed by atoms with Gasteiger partial charge in [0.1, 0.15) is 5.69 Å². The third kappa shape index (κ3) is 2.86. The molecule has 1 aromatic heterocycles. The van der Waals surface area contributed by atoms with Crippen LogP contribution in [0, 0.1) is 0 Å². The number of ether oxygens (including phenoxy) is 1. The monoisotopic (exact) mass is 249 g/mol. The van der Waals surface area contributed by atoms with E-state index in [2.05, 4.69) is 4.98 Å². The minimum absolute atomic E-state index is 0.0644. The summed E-state index contributed by atoms with van der Waals surface area (Å²) in [5.74, 6) is -0.0644. The average Bonchev–Trinajstić information content (AvgIpc) is 2.37. The van der Waals surface area contributed by atoms with Crippen molar-refractivity contribution >= 4 is 5.91 Å². The van der Waals surface area contributed by atoms with Crippen molar-refractivity contribution in [2.24, 2.45) is 5.73 Å². The Kier molecular flexibility index (Phi) is 3.63. The average molecular weight is 249 g/mol. The molecule has 18 heavy (non-hydrogen) atoms. The second-order valence-corrected chi connectivity index (χ2v) is 5.14. The Morgan fingerprint density at radius 3 is 3.00 bits per heavy atom. The van der Waals surface area contributed by atoms with Crippen molar-refractivity contribution in [1.82, 2.24) is 9.88 Å². The molecule has 1 atom stereocenters. The van der Waals surface area contributed by atoms with Gasteiger partial charge in [-0.1, -0.05) is 6.07 Å². The number of hydrogen-bond acceptors (Lipinski definition) is 4. The normalized spacial score (nSPS) is 22.8. The fourth-order valence-electron chi connectivity index (χ4n) is 2.22. The van der Waals surface area contributed by atoms with Crippen LogP contribution in [-0.4, -0.2) is 47.1 Å². The Morgan fingerprint density at radius 2 is 2.39 bits per heavy atom. The van der Waals surface area contributed by atoms with Crippen molar-refractivity contribution in [3.8, 4) is 0 Å². The summed E-state index contributed by atoms with van der Waals surface area (Å²) < 4.78 is 5.80. The van der Waals surface area contributed by atoms with E-state index in [0.29, 0.717) is 25.3 Å². The molecule has 0 spiro atoms. The zero-order chi connectivity index (χ0) is 13.2. The van der Waals surface area contributed by atoms with Gasteiger partial charge in [0.2, 0.25) is 0 Å². The lowest BCUT2D eigenvalue weighted by Gasteiger charge is -2.42. The van der Waals surface area contributed by atoms with E-state index in [1.54, 1.807) is 23.2 Å². The Hall–Kier alpha value is -1.46. The van der Waals surface area contributed by atoms with Gasteiger partial charge in [0.15, 0.2) is 0 Å². The van der Waals surface area contributed by atoms with Gasteiger partial charge >= 0.3 is 0 Å². The third-order valence-corrected chi connectivity index (χ3v) is 2.92. The molecule has 0 aromatic carbocycles. The van der Waals surface area contributed by atoms with Crippen LogP contribution in [0.3, 0.4) is 0 Å². The molecule has 0 bridgehead atoms. The summed E-state index contributed by atoms with van der Waals surface area (Å²) in [5.41, 5.74) is 5.74. The molecule has 1 amide bonds. The number of pyridine rings is 1. The molecule has 5 heteroatoms. The van der Waals surface area contributed by atoms with Crippen molar-refractivity contribution in [3.05, 3.63) is 30.1 Å². The van der Waals surface area contributed by atoms with Crippen LogP contribution in [0.5, 0.6) is 0 Å². The lowest BCUT2D eigenvalue weighted by Crippen LogP contribution is -2.56. The van der Waals surface area contributed by atoms with Crippen LogP contribution in [0.25, 0.3) is 0 Å². The number of carbonyl (C=O) groups excluding carboxylic acids is 1. The quantitative estimate of drug-likeness (QED) is 0.836. The number of hydrogen-bond donors (Lipinski definition) is 1. The van der Waals surface area contributed by atoms with E-state index in [0.717, 1.165) is 0 Å². The summed E-state index contributed by atoms with van der Waals surface area (Å²) in [6.45, 7) is 5.42. The fraction of sp³-hybridized carbons (Fsp3) is 0.538. The van der Waals surface area contributed by atoms with Crippen LogP contribution >= 0.6 is 0 Å². The maximum atomic E-state index is 12.3. The molecule has 5 nitrogen and oxygen atoms in total. The summed E-state index contributed by atoms with van der Waals surface area (Å²) >= 11 is 0. The molecular formula is C13H19N3O2. The van der Waals surface area contributed by atoms with Gasteiger partial charge < -0.3 is 15.4 Å². The van der Waals surface area contributed by atoms with Gasteiger partial charge in [-0.15, -0.1) is 0 Å². The van der Waals surface area contributed by atoms with Gasteiger partial charge in [-0.3, -0.25) is 9.78 Å². The number of amides is 1. The minimum atomic E-state index is -0.368. The first-order valence-corrected chi connectivity index (χ1v) is 6.10. The van der Waals surface area contributed by atoms with Crippen LogP contribution < -0.4 is 5.73 Å². The molecule has 1 saturated heterocycles. The summed E-state index contributed by atoms with van der Waals surface area (Å²) in [6.07, 6.45) is 1.51. The second-order valence-electron chi connectivity index (χ2n) is 5.14. The molecule has 1 aliphatic rings. The molecule has 1 aliphatic heterocycles. The van der Waals surface area contributed by atoms with Crippen LogP contribution in [0.4, 0.5) is 0 Å². The molecule has 2 rings (SSSR count). The number of aromatic nitrogens is 1. The van der Waals surface area contributed by atoms with Crippen LogP contribution in [0.15, 0.2) is 24.4 Å². The maximum Gasteiger partial charge on any atom is 0.272 e. The maximum absolute atomic E-state index is 12.3. The van der Waals surface area contributed by atoms with Gasteiger partial charge in [0, 0.05) is 25.8 Å². The van der Waals surface area contributed by atoms with E-state index in [4.69, 9.17) is 10.5 Å². The fourth-order valence-corrected chi connectivity index (χ4v) is 2.22. The van der Waals surface area contributed by atoms with Crippen molar-refractivity contribution < 1.29 is 9.53 Å². The highest BCUT2D eigenvalue weighted by Crippen LogP contribution is 2.21. The molecule has 98 valence electrons. The van der Waals surface area contributed by atoms with E-state index in [9.17, 15) is 4.79 Å². The van der Waals surface area contributed by atoms with Crippen LogP contribution in [-0.2, 0) is 4.74 Å². The lowest BCUT2D eigenvalue weighted by atomic mass is 10.0. The molecule has 1 aromatic rings. The Bertz CT molecular complexity index is 420. The van der Waals surface area contributed by atoms with Gasteiger partial charge in [0.25, 0.3) is 5.91 Å². The van der Waals surface area contributed by atoms with E-state index >= 15 is 0 Å². The molecule has 0 radical (unpaired) electrons. The minimum Gasteiger partial charge on any atom is -0.367 e. The van der Waals surface area contributed by atoms with Crippen molar-refractivity contribution in [2.45, 2.75) is 25.6 Å². The van der Waals surface area contributed by atoms with E-state index in [1.807, 2.05) is 19.9 Å². The highest BCUT2D eigenvalue weighted by molar-refractivity contribution is 5.92. The third-order valence-electron chi connectivity index (χ3n) is 2.92. The summed E-state index contributed by atoms with van der Waals surface area (Å²) in [6, 6.07) is 5.33. The Balaban J connectivity index is 2.15. The predicted octanol–water partition coefficient (Wildman–Crippen LogP) is 0.660. The smallest absolute Gasteiger partial charge is 0.272 e. The van der Waals surface area contributed by atoms with Gasteiger partial charge in [-0.2, -0.15) is 0 Å². The molecule has 1 fully saturated rings. The van der Waals surface area contributed by atoms with Crippen molar-refractivity contribution in [3.63, 3.8) is 0 Å². The SMILES string of the molecule is CC1(C)CN(C(=O)c2ccccn2)CC(CN)O1. The first kappa shape index (κ1) is 13.0. The molecule has 0 saturated carbocycles. The molecular weight excluding hydrogens is 230 g/mol. The first-order valence-electron chi connectivity index (χ1n) is 6.10. The zero-order valence-corrected chi connectivity index (χ0v) is 10.8. The van der Waals surface area contributed by atoms with Crippen molar-refractivity contribution in [1.29, 1.82) is 0 Å². The Morgan fingerprint density at radius 1 is 1.61 bits per heavy atom. The summed E-state index contributed by atoms with van der Waals surface area (Å²) in [4.78, 5) is 18.2. The van der Waals surface area contributed by atoms with E-state index in [-0.39, 0.29) is 17.6 Å². The van der Waals surface area contributed by atoms with E-state index in [1.165, 1.54) is 0 Å². The van der Waals surface area contributed by atoms with Gasteiger partial charge in [-0.25, -0.2) is 0 Å². The zero-order valence-electron chi connectivity index (χ0n) is 10.8.